The number of hydrogen-bond acceptors (Lipinski definition) is 7. The Hall–Kier alpha value is -3.27. The Morgan fingerprint density at radius 1 is 1.22 bits per heavy atom. The fourth-order valence-corrected chi connectivity index (χ4v) is 2.73. The molecule has 2 heterocycles. The lowest BCUT2D eigenvalue weighted by atomic mass is 10.2. The number of nitro groups is 1. The number of rotatable bonds is 6. The van der Waals surface area contributed by atoms with Crippen LogP contribution in [0.2, 0.25) is 0 Å². The van der Waals surface area contributed by atoms with Gasteiger partial charge in [0.05, 0.1) is 18.8 Å². The monoisotopic (exact) mass is 375 g/mol. The molecule has 10 heteroatoms. The first-order valence-electron chi connectivity index (χ1n) is 8.30. The summed E-state index contributed by atoms with van der Waals surface area (Å²) in [5.74, 6) is -0.766. The van der Waals surface area contributed by atoms with Crippen molar-refractivity contribution in [3.05, 3.63) is 58.1 Å². The molecule has 27 heavy (non-hydrogen) atoms. The minimum absolute atomic E-state index is 0.176. The third kappa shape index (κ3) is 5.11. The average molecular weight is 375 g/mol. The van der Waals surface area contributed by atoms with Gasteiger partial charge in [-0.2, -0.15) is 5.10 Å². The number of furan rings is 1. The van der Waals surface area contributed by atoms with Crippen molar-refractivity contribution in [3.63, 3.8) is 0 Å². The molecule has 142 valence electrons. The molecule has 0 saturated carbocycles. The lowest BCUT2D eigenvalue weighted by Crippen LogP contribution is -2.49. The predicted octanol–water partition coefficient (Wildman–Crippen LogP) is 1.60. The maximum absolute atomic E-state index is 13.0. The largest absolute Gasteiger partial charge is 0.433 e. The molecule has 0 aliphatic carbocycles. The minimum atomic E-state index is -0.651. The number of anilines is 1. The quantitative estimate of drug-likeness (QED) is 0.467. The van der Waals surface area contributed by atoms with Gasteiger partial charge in [-0.25, -0.2) is 9.82 Å². The molecule has 0 atom stereocenters. The zero-order chi connectivity index (χ0) is 19.2. The van der Waals surface area contributed by atoms with Gasteiger partial charge in [0.2, 0.25) is 0 Å². The van der Waals surface area contributed by atoms with Gasteiger partial charge in [-0.05, 0) is 30.3 Å². The van der Waals surface area contributed by atoms with Crippen molar-refractivity contribution >= 4 is 23.7 Å². The van der Waals surface area contributed by atoms with Crippen LogP contribution in [0.4, 0.5) is 16.0 Å². The van der Waals surface area contributed by atoms with Gasteiger partial charge < -0.3 is 9.32 Å². The lowest BCUT2D eigenvalue weighted by molar-refractivity contribution is -0.402. The van der Waals surface area contributed by atoms with E-state index in [4.69, 9.17) is 4.42 Å². The Labute approximate surface area is 154 Å². The topological polar surface area (TPSA) is 104 Å². The molecule has 1 N–H and O–H groups in total. The van der Waals surface area contributed by atoms with Crippen molar-refractivity contribution < 1.29 is 18.5 Å². The summed E-state index contributed by atoms with van der Waals surface area (Å²) < 4.78 is 17.9. The van der Waals surface area contributed by atoms with Crippen LogP contribution in [-0.4, -0.2) is 54.7 Å². The molecule has 1 aliphatic heterocycles. The second-order valence-electron chi connectivity index (χ2n) is 5.97. The number of halogens is 1. The molecule has 0 spiro atoms. The Morgan fingerprint density at radius 2 is 1.93 bits per heavy atom. The van der Waals surface area contributed by atoms with Crippen LogP contribution in [0.25, 0.3) is 0 Å². The van der Waals surface area contributed by atoms with E-state index in [1.807, 2.05) is 4.90 Å². The van der Waals surface area contributed by atoms with Crippen molar-refractivity contribution in [2.45, 2.75) is 0 Å². The first kappa shape index (κ1) is 18.5. The predicted molar refractivity (Wildman–Crippen MR) is 96.2 cm³/mol. The Balaban J connectivity index is 1.41. The molecule has 0 radical (unpaired) electrons. The third-order valence-electron chi connectivity index (χ3n) is 4.10. The molecular weight excluding hydrogens is 357 g/mol. The van der Waals surface area contributed by atoms with E-state index in [1.165, 1.54) is 30.5 Å². The smallest absolute Gasteiger partial charge is 0.400 e. The summed E-state index contributed by atoms with van der Waals surface area (Å²) >= 11 is 0. The van der Waals surface area contributed by atoms with E-state index in [9.17, 15) is 19.3 Å². The Morgan fingerprint density at radius 3 is 2.56 bits per heavy atom. The molecule has 0 unspecified atom stereocenters. The minimum Gasteiger partial charge on any atom is -0.400 e. The number of benzene rings is 1. The highest BCUT2D eigenvalue weighted by Crippen LogP contribution is 2.17. The Bertz CT molecular complexity index is 828. The first-order valence-corrected chi connectivity index (χ1v) is 8.30. The van der Waals surface area contributed by atoms with Gasteiger partial charge in [-0.3, -0.25) is 19.8 Å². The van der Waals surface area contributed by atoms with E-state index in [2.05, 4.69) is 15.4 Å². The number of piperazine rings is 1. The zero-order valence-electron chi connectivity index (χ0n) is 14.4. The molecule has 1 saturated heterocycles. The highest BCUT2D eigenvalue weighted by atomic mass is 19.1. The maximum atomic E-state index is 13.0. The Kier molecular flexibility index (Phi) is 5.77. The molecule has 1 aromatic heterocycles. The fourth-order valence-electron chi connectivity index (χ4n) is 2.73. The van der Waals surface area contributed by atoms with Crippen molar-refractivity contribution in [3.8, 4) is 0 Å². The van der Waals surface area contributed by atoms with Crippen LogP contribution in [0.3, 0.4) is 0 Å². The average Bonchev–Trinajstić information content (AvgIpc) is 3.12. The van der Waals surface area contributed by atoms with Crippen molar-refractivity contribution in [1.29, 1.82) is 0 Å². The second-order valence-corrected chi connectivity index (χ2v) is 5.97. The van der Waals surface area contributed by atoms with Crippen LogP contribution in [-0.2, 0) is 4.79 Å². The van der Waals surface area contributed by atoms with Crippen molar-refractivity contribution in [2.24, 2.45) is 5.10 Å². The van der Waals surface area contributed by atoms with Gasteiger partial charge in [-0.15, -0.1) is 0 Å². The van der Waals surface area contributed by atoms with Crippen LogP contribution >= 0.6 is 0 Å². The number of carbonyl (C=O) groups is 1. The van der Waals surface area contributed by atoms with Gasteiger partial charge in [-0.1, -0.05) is 0 Å². The fraction of sp³-hybridized carbons (Fsp3) is 0.294. The summed E-state index contributed by atoms with van der Waals surface area (Å²) in [5, 5.41) is 14.3. The summed E-state index contributed by atoms with van der Waals surface area (Å²) in [6, 6.07) is 8.95. The second kappa shape index (κ2) is 8.41. The highest BCUT2D eigenvalue weighted by Gasteiger charge is 2.19. The van der Waals surface area contributed by atoms with Gasteiger partial charge in [0.15, 0.2) is 5.76 Å². The summed E-state index contributed by atoms with van der Waals surface area (Å²) in [7, 11) is 0. The van der Waals surface area contributed by atoms with Crippen LogP contribution < -0.4 is 10.3 Å². The molecular formula is C17H18FN5O4. The number of hydrogen-bond donors (Lipinski definition) is 1. The maximum Gasteiger partial charge on any atom is 0.433 e. The summed E-state index contributed by atoms with van der Waals surface area (Å²) in [6.45, 7) is 3.04. The van der Waals surface area contributed by atoms with E-state index >= 15 is 0 Å². The van der Waals surface area contributed by atoms with E-state index in [1.54, 1.807) is 12.1 Å². The van der Waals surface area contributed by atoms with E-state index in [0.29, 0.717) is 13.1 Å². The number of hydrazone groups is 1. The summed E-state index contributed by atoms with van der Waals surface area (Å²) in [6.07, 6.45) is 1.21. The zero-order valence-corrected chi connectivity index (χ0v) is 14.4. The number of nitrogens with zero attached hydrogens (tertiary/aromatic N) is 4. The van der Waals surface area contributed by atoms with Crippen molar-refractivity contribution in [1.82, 2.24) is 10.3 Å². The van der Waals surface area contributed by atoms with Crippen LogP contribution in [0.15, 0.2) is 45.9 Å². The van der Waals surface area contributed by atoms with Crippen LogP contribution in [0, 0.1) is 15.9 Å². The molecule has 9 nitrogen and oxygen atoms in total. The van der Waals surface area contributed by atoms with E-state index in [-0.39, 0.29) is 29.9 Å². The van der Waals surface area contributed by atoms with E-state index in [0.717, 1.165) is 18.8 Å². The number of carbonyl (C=O) groups excluding carboxylic acids is 1. The molecule has 1 amide bonds. The standard InChI is InChI=1S/C17H18FN5O4/c18-13-1-3-14(4-2-13)22-9-7-21(8-10-22)12-16(24)20-19-11-15-5-6-17(27-15)23(25)26/h1-6,11H,7-10,12H2,(H,20,24). The van der Waals surface area contributed by atoms with Gasteiger partial charge >= 0.3 is 5.88 Å². The molecule has 1 aliphatic rings. The SMILES string of the molecule is O=C(CN1CCN(c2ccc(F)cc2)CC1)NN=Cc1ccc([N+](=O)[O-])o1. The number of nitrogens with one attached hydrogen (secondary N) is 1. The first-order chi connectivity index (χ1) is 13.0. The van der Waals surface area contributed by atoms with Crippen LogP contribution in [0.5, 0.6) is 0 Å². The molecule has 1 fully saturated rings. The summed E-state index contributed by atoms with van der Waals surface area (Å²) in [4.78, 5) is 25.9. The number of amides is 1. The van der Waals surface area contributed by atoms with Gasteiger partial charge in [0.1, 0.15) is 10.7 Å². The lowest BCUT2D eigenvalue weighted by Gasteiger charge is -2.35. The molecule has 1 aromatic carbocycles. The normalized spacial score (nSPS) is 15.2. The van der Waals surface area contributed by atoms with Gasteiger partial charge in [0, 0.05) is 31.9 Å². The molecule has 2 aromatic rings. The van der Waals surface area contributed by atoms with Crippen LogP contribution in [0.1, 0.15) is 5.76 Å². The molecule has 0 bridgehead atoms. The van der Waals surface area contributed by atoms with E-state index < -0.39 is 4.92 Å². The molecule has 3 rings (SSSR count). The summed E-state index contributed by atoms with van der Waals surface area (Å²) in [5.41, 5.74) is 3.33. The van der Waals surface area contributed by atoms with Crippen molar-refractivity contribution in [2.75, 3.05) is 37.6 Å². The van der Waals surface area contributed by atoms with Gasteiger partial charge in [0.25, 0.3) is 5.91 Å². The highest BCUT2D eigenvalue weighted by molar-refractivity contribution is 5.81. The third-order valence-corrected chi connectivity index (χ3v) is 4.10.